The van der Waals surface area contributed by atoms with Crippen LogP contribution < -0.4 is 5.32 Å². The van der Waals surface area contributed by atoms with Crippen molar-refractivity contribution in [3.05, 3.63) is 42.5 Å². The van der Waals surface area contributed by atoms with Crippen molar-refractivity contribution in [2.45, 2.75) is 52.0 Å². The topological polar surface area (TPSA) is 59.8 Å². The van der Waals surface area contributed by atoms with Crippen LogP contribution in [-0.4, -0.2) is 20.7 Å². The number of hydrogen-bond acceptors (Lipinski definition) is 3. The van der Waals surface area contributed by atoms with Gasteiger partial charge in [-0.05, 0) is 24.1 Å². The Morgan fingerprint density at radius 3 is 2.59 bits per heavy atom. The van der Waals surface area contributed by atoms with E-state index in [1.807, 2.05) is 24.3 Å². The number of carbonyl (C=O) groups excluding carboxylic acids is 1. The molecule has 0 atom stereocenters. The van der Waals surface area contributed by atoms with Gasteiger partial charge in [-0.3, -0.25) is 4.79 Å². The molecule has 0 bridgehead atoms. The highest BCUT2D eigenvalue weighted by Gasteiger charge is 2.02. The number of hydrogen-bond donors (Lipinski definition) is 1. The van der Waals surface area contributed by atoms with Crippen LogP contribution in [0, 0.1) is 0 Å². The van der Waals surface area contributed by atoms with Gasteiger partial charge >= 0.3 is 0 Å². The highest BCUT2D eigenvalue weighted by molar-refractivity contribution is 5.75. The zero-order chi connectivity index (χ0) is 15.6. The molecule has 0 unspecified atom stereocenters. The first kappa shape index (κ1) is 16.2. The number of carbonyl (C=O) groups is 1. The third kappa shape index (κ3) is 5.31. The van der Waals surface area contributed by atoms with E-state index in [1.54, 1.807) is 11.0 Å². The van der Waals surface area contributed by atoms with Crippen LogP contribution in [0.1, 0.15) is 51.0 Å². The van der Waals surface area contributed by atoms with E-state index in [9.17, 15) is 4.79 Å². The third-order valence-electron chi connectivity index (χ3n) is 3.62. The molecule has 1 amide bonds. The Labute approximate surface area is 131 Å². The summed E-state index contributed by atoms with van der Waals surface area (Å²) in [6, 6.07) is 7.94. The van der Waals surface area contributed by atoms with E-state index in [2.05, 4.69) is 22.3 Å². The summed E-state index contributed by atoms with van der Waals surface area (Å²) in [5, 5.41) is 7.05. The van der Waals surface area contributed by atoms with Crippen molar-refractivity contribution in [1.82, 2.24) is 20.1 Å². The van der Waals surface area contributed by atoms with E-state index >= 15 is 0 Å². The molecule has 1 aromatic carbocycles. The summed E-state index contributed by atoms with van der Waals surface area (Å²) in [5.41, 5.74) is 2.05. The average Bonchev–Trinajstić information content (AvgIpc) is 3.08. The van der Waals surface area contributed by atoms with Gasteiger partial charge in [0.15, 0.2) is 0 Å². The Bertz CT molecular complexity index is 549. The maximum atomic E-state index is 11.8. The molecule has 22 heavy (non-hydrogen) atoms. The lowest BCUT2D eigenvalue weighted by atomic mass is 10.1. The lowest BCUT2D eigenvalue weighted by molar-refractivity contribution is -0.121. The minimum atomic E-state index is 0.136. The van der Waals surface area contributed by atoms with Gasteiger partial charge in [-0.2, -0.15) is 5.10 Å². The second-order valence-corrected chi connectivity index (χ2v) is 5.45. The molecule has 0 aliphatic carbocycles. The van der Waals surface area contributed by atoms with Crippen molar-refractivity contribution >= 4 is 5.91 Å². The maximum absolute atomic E-state index is 11.8. The molecule has 0 saturated heterocycles. The van der Waals surface area contributed by atoms with Crippen LogP contribution in [0.2, 0.25) is 0 Å². The number of benzene rings is 1. The van der Waals surface area contributed by atoms with Gasteiger partial charge in [0.25, 0.3) is 0 Å². The van der Waals surface area contributed by atoms with Crippen molar-refractivity contribution in [1.29, 1.82) is 0 Å². The number of unbranched alkanes of at least 4 members (excludes halogenated alkanes) is 4. The fraction of sp³-hybridized carbons (Fsp3) is 0.471. The Balaban J connectivity index is 1.69. The summed E-state index contributed by atoms with van der Waals surface area (Å²) >= 11 is 0. The third-order valence-corrected chi connectivity index (χ3v) is 3.62. The number of aromatic nitrogens is 3. The van der Waals surface area contributed by atoms with Crippen LogP contribution in [0.25, 0.3) is 5.69 Å². The van der Waals surface area contributed by atoms with Gasteiger partial charge in [0.05, 0.1) is 5.69 Å². The molecule has 2 rings (SSSR count). The average molecular weight is 300 g/mol. The molecule has 1 N–H and O–H groups in total. The van der Waals surface area contributed by atoms with Gasteiger partial charge in [0.1, 0.15) is 12.7 Å². The number of amides is 1. The zero-order valence-corrected chi connectivity index (χ0v) is 13.2. The van der Waals surface area contributed by atoms with Crippen molar-refractivity contribution in [2.24, 2.45) is 0 Å². The Morgan fingerprint density at radius 2 is 1.91 bits per heavy atom. The minimum Gasteiger partial charge on any atom is -0.352 e. The Hall–Kier alpha value is -2.17. The summed E-state index contributed by atoms with van der Waals surface area (Å²) < 4.78 is 1.71. The van der Waals surface area contributed by atoms with E-state index < -0.39 is 0 Å². The van der Waals surface area contributed by atoms with E-state index in [0.717, 1.165) is 24.1 Å². The number of nitrogens with zero attached hydrogens (tertiary/aromatic N) is 3. The van der Waals surface area contributed by atoms with Gasteiger partial charge < -0.3 is 5.32 Å². The molecule has 1 heterocycles. The zero-order valence-electron chi connectivity index (χ0n) is 13.2. The molecule has 5 heteroatoms. The predicted octanol–water partition coefficient (Wildman–Crippen LogP) is 3.24. The van der Waals surface area contributed by atoms with E-state index in [1.165, 1.54) is 25.6 Å². The summed E-state index contributed by atoms with van der Waals surface area (Å²) in [5.74, 6) is 0.136. The molecular formula is C17H24N4O. The van der Waals surface area contributed by atoms with Crippen LogP contribution in [0.15, 0.2) is 36.9 Å². The highest BCUT2D eigenvalue weighted by Crippen LogP contribution is 2.08. The quantitative estimate of drug-likeness (QED) is 0.723. The summed E-state index contributed by atoms with van der Waals surface area (Å²) in [4.78, 5) is 15.7. The monoisotopic (exact) mass is 300 g/mol. The van der Waals surface area contributed by atoms with Crippen molar-refractivity contribution < 1.29 is 4.79 Å². The molecule has 0 spiro atoms. The van der Waals surface area contributed by atoms with E-state index in [0.29, 0.717) is 13.0 Å². The van der Waals surface area contributed by atoms with Crippen LogP contribution in [0.5, 0.6) is 0 Å². The van der Waals surface area contributed by atoms with Crippen LogP contribution in [0.4, 0.5) is 0 Å². The van der Waals surface area contributed by atoms with Gasteiger partial charge in [0.2, 0.25) is 5.91 Å². The minimum absolute atomic E-state index is 0.136. The predicted molar refractivity (Wildman–Crippen MR) is 86.6 cm³/mol. The Kier molecular flexibility index (Phi) is 6.61. The molecular weight excluding hydrogens is 276 g/mol. The first-order chi connectivity index (χ1) is 10.8. The van der Waals surface area contributed by atoms with Crippen LogP contribution in [0.3, 0.4) is 0 Å². The Morgan fingerprint density at radius 1 is 1.14 bits per heavy atom. The smallest absolute Gasteiger partial charge is 0.220 e. The van der Waals surface area contributed by atoms with Gasteiger partial charge in [0, 0.05) is 13.0 Å². The molecule has 0 aliphatic heterocycles. The molecule has 0 saturated carbocycles. The molecule has 0 aliphatic rings. The second kappa shape index (κ2) is 8.97. The molecule has 1 aromatic heterocycles. The SMILES string of the molecule is CCCCCCCC(=O)NCc1ccc(-n2cncn2)cc1. The fourth-order valence-corrected chi connectivity index (χ4v) is 2.29. The summed E-state index contributed by atoms with van der Waals surface area (Å²) in [6.07, 6.45) is 9.65. The van der Waals surface area contributed by atoms with Gasteiger partial charge in [-0.1, -0.05) is 44.7 Å². The maximum Gasteiger partial charge on any atom is 0.220 e. The number of rotatable bonds is 9. The molecule has 118 valence electrons. The van der Waals surface area contributed by atoms with E-state index in [4.69, 9.17) is 0 Å². The first-order valence-electron chi connectivity index (χ1n) is 8.00. The lowest BCUT2D eigenvalue weighted by Gasteiger charge is -2.06. The fourth-order valence-electron chi connectivity index (χ4n) is 2.29. The molecule has 5 nitrogen and oxygen atoms in total. The van der Waals surface area contributed by atoms with E-state index in [-0.39, 0.29) is 5.91 Å². The van der Waals surface area contributed by atoms with Crippen LogP contribution in [-0.2, 0) is 11.3 Å². The van der Waals surface area contributed by atoms with Crippen molar-refractivity contribution in [2.75, 3.05) is 0 Å². The molecule has 0 fully saturated rings. The van der Waals surface area contributed by atoms with Crippen molar-refractivity contribution in [3.63, 3.8) is 0 Å². The first-order valence-corrected chi connectivity index (χ1v) is 8.00. The lowest BCUT2D eigenvalue weighted by Crippen LogP contribution is -2.22. The molecule has 0 radical (unpaired) electrons. The summed E-state index contributed by atoms with van der Waals surface area (Å²) in [6.45, 7) is 2.77. The standard InChI is InChI=1S/C17H24N4O/c1-2-3-4-5-6-7-17(22)19-12-15-8-10-16(11-9-15)21-14-18-13-20-21/h8-11,13-14H,2-7,12H2,1H3,(H,19,22). The summed E-state index contributed by atoms with van der Waals surface area (Å²) in [7, 11) is 0. The molecule has 2 aromatic rings. The van der Waals surface area contributed by atoms with Crippen molar-refractivity contribution in [3.8, 4) is 5.69 Å². The normalized spacial score (nSPS) is 10.6. The second-order valence-electron chi connectivity index (χ2n) is 5.45. The van der Waals surface area contributed by atoms with Crippen LogP contribution >= 0.6 is 0 Å². The highest BCUT2D eigenvalue weighted by atomic mass is 16.1. The van der Waals surface area contributed by atoms with Gasteiger partial charge in [-0.25, -0.2) is 9.67 Å². The van der Waals surface area contributed by atoms with Gasteiger partial charge in [-0.15, -0.1) is 0 Å². The largest absolute Gasteiger partial charge is 0.352 e. The number of nitrogens with one attached hydrogen (secondary N) is 1.